The molecule has 6 nitrogen and oxygen atoms in total. The molecule has 1 aliphatic rings. The second-order valence-corrected chi connectivity index (χ2v) is 6.97. The van der Waals surface area contributed by atoms with E-state index in [4.69, 9.17) is 4.74 Å². The number of ether oxygens (including phenoxy) is 1. The summed E-state index contributed by atoms with van der Waals surface area (Å²) in [6.45, 7) is 2.76. The van der Waals surface area contributed by atoms with E-state index in [2.05, 4.69) is 22.2 Å². The van der Waals surface area contributed by atoms with Gasteiger partial charge in [-0.2, -0.15) is 0 Å². The van der Waals surface area contributed by atoms with Crippen molar-refractivity contribution in [3.63, 3.8) is 0 Å². The lowest BCUT2D eigenvalue weighted by Crippen LogP contribution is -2.39. The van der Waals surface area contributed by atoms with Crippen LogP contribution in [-0.2, 0) is 18.2 Å². The van der Waals surface area contributed by atoms with Gasteiger partial charge in [0.15, 0.2) is 0 Å². The molecule has 0 bridgehead atoms. The summed E-state index contributed by atoms with van der Waals surface area (Å²) in [5.41, 5.74) is 1.05. The Morgan fingerprint density at radius 2 is 2.39 bits per heavy atom. The Bertz CT molecular complexity index is 667. The van der Waals surface area contributed by atoms with Crippen molar-refractivity contribution in [3.8, 4) is 0 Å². The first kappa shape index (κ1) is 16.1. The maximum atomic E-state index is 12.4. The van der Waals surface area contributed by atoms with Crippen molar-refractivity contribution in [3.05, 3.63) is 34.3 Å². The average molecular weight is 334 g/mol. The van der Waals surface area contributed by atoms with Gasteiger partial charge in [-0.3, -0.25) is 4.79 Å². The number of hydrogen-bond donors (Lipinski definition) is 1. The summed E-state index contributed by atoms with van der Waals surface area (Å²) in [5, 5.41) is 4.15. The minimum atomic E-state index is -0.0273. The predicted molar refractivity (Wildman–Crippen MR) is 88.5 cm³/mol. The highest BCUT2D eigenvalue weighted by atomic mass is 32.1. The quantitative estimate of drug-likeness (QED) is 0.912. The number of carbonyl (C=O) groups excluding carboxylic acids is 1. The fraction of sp³-hybridized carbons (Fsp3) is 0.562. The van der Waals surface area contributed by atoms with Crippen LogP contribution in [0.4, 0.5) is 0 Å². The molecule has 1 saturated heterocycles. The zero-order chi connectivity index (χ0) is 16.2. The molecule has 124 valence electrons. The number of aromatic nitrogens is 3. The number of amides is 1. The van der Waals surface area contributed by atoms with E-state index in [0.29, 0.717) is 11.5 Å². The monoisotopic (exact) mass is 334 g/mol. The topological polar surface area (TPSA) is 69.0 Å². The van der Waals surface area contributed by atoms with Gasteiger partial charge in [0.2, 0.25) is 0 Å². The second kappa shape index (κ2) is 7.23. The molecule has 0 aromatic carbocycles. The van der Waals surface area contributed by atoms with Crippen LogP contribution in [-0.4, -0.2) is 33.1 Å². The van der Waals surface area contributed by atoms with Gasteiger partial charge in [-0.25, -0.2) is 9.97 Å². The Balaban J connectivity index is 1.60. The molecule has 23 heavy (non-hydrogen) atoms. The summed E-state index contributed by atoms with van der Waals surface area (Å²) in [6, 6.07) is 0.118. The van der Waals surface area contributed by atoms with Crippen LogP contribution in [0.5, 0.6) is 0 Å². The van der Waals surface area contributed by atoms with Crippen LogP contribution >= 0.6 is 11.3 Å². The lowest BCUT2D eigenvalue weighted by Gasteiger charge is -2.30. The molecule has 0 radical (unpaired) electrons. The van der Waals surface area contributed by atoms with Gasteiger partial charge in [-0.1, -0.05) is 6.92 Å². The third-order valence-electron chi connectivity index (χ3n) is 4.04. The Kier molecular flexibility index (Phi) is 5.07. The normalized spacial score (nSPS) is 21.3. The highest BCUT2D eigenvalue weighted by molar-refractivity contribution is 7.13. The Morgan fingerprint density at radius 3 is 3.13 bits per heavy atom. The molecule has 1 N–H and O–H groups in total. The molecule has 1 amide bonds. The number of carbonyl (C=O) groups is 1. The summed E-state index contributed by atoms with van der Waals surface area (Å²) in [6.07, 6.45) is 8.84. The van der Waals surface area contributed by atoms with Crippen LogP contribution in [0.3, 0.4) is 0 Å². The number of hydrogen-bond acceptors (Lipinski definition) is 5. The van der Waals surface area contributed by atoms with Crippen LogP contribution in [0.25, 0.3) is 0 Å². The molecular weight excluding hydrogens is 312 g/mol. The third kappa shape index (κ3) is 3.79. The van der Waals surface area contributed by atoms with Crippen molar-refractivity contribution < 1.29 is 9.53 Å². The van der Waals surface area contributed by atoms with Gasteiger partial charge in [0.1, 0.15) is 11.0 Å². The molecule has 2 atom stereocenters. The van der Waals surface area contributed by atoms with Crippen molar-refractivity contribution in [2.75, 3.05) is 6.61 Å². The maximum absolute atomic E-state index is 12.4. The Hall–Kier alpha value is -1.73. The van der Waals surface area contributed by atoms with Gasteiger partial charge in [0, 0.05) is 19.7 Å². The minimum Gasteiger partial charge on any atom is -0.372 e. The first-order valence-corrected chi connectivity index (χ1v) is 8.82. The van der Waals surface area contributed by atoms with Gasteiger partial charge in [-0.15, -0.1) is 11.3 Å². The van der Waals surface area contributed by atoms with Crippen molar-refractivity contribution in [1.82, 2.24) is 19.9 Å². The SMILES string of the molecule is CCCc1ncc(C(=O)N[C@H]2CCO[C@H](c3cncn3C)C2)s1. The van der Waals surface area contributed by atoms with E-state index in [0.717, 1.165) is 36.4 Å². The van der Waals surface area contributed by atoms with Crippen LogP contribution in [0, 0.1) is 0 Å². The van der Waals surface area contributed by atoms with E-state index in [1.165, 1.54) is 11.3 Å². The summed E-state index contributed by atoms with van der Waals surface area (Å²) >= 11 is 1.49. The predicted octanol–water partition coefficient (Wildman–Crippen LogP) is 2.48. The van der Waals surface area contributed by atoms with Crippen LogP contribution < -0.4 is 5.32 Å². The number of nitrogens with zero attached hydrogens (tertiary/aromatic N) is 3. The highest BCUT2D eigenvalue weighted by Crippen LogP contribution is 2.28. The summed E-state index contributed by atoms with van der Waals surface area (Å²) < 4.78 is 7.80. The highest BCUT2D eigenvalue weighted by Gasteiger charge is 2.27. The van der Waals surface area contributed by atoms with E-state index in [9.17, 15) is 4.79 Å². The number of nitrogens with one attached hydrogen (secondary N) is 1. The molecule has 0 unspecified atom stereocenters. The van der Waals surface area contributed by atoms with Gasteiger partial charge >= 0.3 is 0 Å². The molecular formula is C16H22N4O2S. The Morgan fingerprint density at radius 1 is 1.52 bits per heavy atom. The van der Waals surface area contributed by atoms with Gasteiger partial charge in [0.05, 0.1) is 29.4 Å². The Labute approximate surface area is 139 Å². The lowest BCUT2D eigenvalue weighted by molar-refractivity contribution is -0.00298. The van der Waals surface area contributed by atoms with E-state index < -0.39 is 0 Å². The van der Waals surface area contributed by atoms with E-state index in [-0.39, 0.29) is 18.1 Å². The lowest BCUT2D eigenvalue weighted by atomic mass is 10.0. The van der Waals surface area contributed by atoms with Gasteiger partial charge in [-0.05, 0) is 25.7 Å². The first-order chi connectivity index (χ1) is 11.2. The number of aryl methyl sites for hydroxylation is 2. The maximum Gasteiger partial charge on any atom is 0.263 e. The molecule has 3 rings (SSSR count). The molecule has 0 saturated carbocycles. The summed E-state index contributed by atoms with van der Waals surface area (Å²) in [5.74, 6) is -0.0273. The van der Waals surface area contributed by atoms with Crippen LogP contribution in [0.1, 0.15) is 52.7 Å². The van der Waals surface area contributed by atoms with Crippen molar-refractivity contribution in [2.45, 2.75) is 44.8 Å². The van der Waals surface area contributed by atoms with E-state index in [1.807, 2.05) is 17.8 Å². The molecule has 1 aliphatic heterocycles. The average Bonchev–Trinajstić information content (AvgIpc) is 3.17. The molecule has 0 spiro atoms. The van der Waals surface area contributed by atoms with Crippen molar-refractivity contribution in [1.29, 1.82) is 0 Å². The molecule has 3 heterocycles. The standard InChI is InChI=1S/C16H22N4O2S/c1-3-4-15-18-9-14(23-15)16(21)19-11-5-6-22-13(7-11)12-8-17-10-20(12)2/h8-11,13H,3-7H2,1-2H3,(H,19,21)/t11-,13-/m0/s1. The summed E-state index contributed by atoms with van der Waals surface area (Å²) in [4.78, 5) is 21.5. The van der Waals surface area contributed by atoms with Gasteiger partial charge in [0.25, 0.3) is 5.91 Å². The van der Waals surface area contributed by atoms with Crippen LogP contribution in [0.2, 0.25) is 0 Å². The van der Waals surface area contributed by atoms with Crippen molar-refractivity contribution >= 4 is 17.2 Å². The minimum absolute atomic E-state index is 0.0151. The fourth-order valence-electron chi connectivity index (χ4n) is 2.81. The number of rotatable bonds is 5. The largest absolute Gasteiger partial charge is 0.372 e. The zero-order valence-electron chi connectivity index (χ0n) is 13.5. The van der Waals surface area contributed by atoms with E-state index >= 15 is 0 Å². The fourth-order valence-corrected chi connectivity index (χ4v) is 3.74. The van der Waals surface area contributed by atoms with Gasteiger partial charge < -0.3 is 14.6 Å². The number of imidazole rings is 1. The van der Waals surface area contributed by atoms with Crippen molar-refractivity contribution in [2.24, 2.45) is 7.05 Å². The third-order valence-corrected chi connectivity index (χ3v) is 5.10. The smallest absolute Gasteiger partial charge is 0.263 e. The first-order valence-electron chi connectivity index (χ1n) is 8.00. The molecule has 1 fully saturated rings. The molecule has 0 aliphatic carbocycles. The molecule has 2 aromatic rings. The molecule has 7 heteroatoms. The zero-order valence-corrected chi connectivity index (χ0v) is 14.3. The number of thiazole rings is 1. The summed E-state index contributed by atoms with van der Waals surface area (Å²) in [7, 11) is 1.96. The molecule has 2 aromatic heterocycles. The van der Waals surface area contributed by atoms with Crippen LogP contribution in [0.15, 0.2) is 18.7 Å². The second-order valence-electron chi connectivity index (χ2n) is 5.85. The van der Waals surface area contributed by atoms with E-state index in [1.54, 1.807) is 12.5 Å².